The van der Waals surface area contributed by atoms with Crippen molar-refractivity contribution in [2.45, 2.75) is 12.5 Å². The summed E-state index contributed by atoms with van der Waals surface area (Å²) >= 11 is 0. The van der Waals surface area contributed by atoms with E-state index in [-0.39, 0.29) is 24.8 Å². The van der Waals surface area contributed by atoms with Gasteiger partial charge in [0.15, 0.2) is 0 Å². The topological polar surface area (TPSA) is 75.8 Å². The van der Waals surface area contributed by atoms with Crippen LogP contribution in [0.4, 0.5) is 4.39 Å². The largest absolute Gasteiger partial charge is 1.00 e. The minimum Gasteiger partial charge on any atom is -1.00 e. The van der Waals surface area contributed by atoms with Crippen molar-refractivity contribution in [2.75, 3.05) is 26.2 Å². The van der Waals surface area contributed by atoms with Crippen LogP contribution in [0.3, 0.4) is 0 Å². The fourth-order valence-electron chi connectivity index (χ4n) is 3.06. The third kappa shape index (κ3) is 6.05. The van der Waals surface area contributed by atoms with Crippen molar-refractivity contribution >= 4 is 11.5 Å². The number of aliphatic hydroxyl groups excluding tert-OH is 1. The van der Waals surface area contributed by atoms with Crippen LogP contribution in [0.2, 0.25) is 0 Å². The molecule has 1 atom stereocenters. The molecule has 5 nitrogen and oxygen atoms in total. The fourth-order valence-corrected chi connectivity index (χ4v) is 3.06. The van der Waals surface area contributed by atoms with E-state index in [0.29, 0.717) is 17.9 Å². The molecule has 0 radical (unpaired) electrons. The summed E-state index contributed by atoms with van der Waals surface area (Å²) in [7, 11) is 0. The fraction of sp³-hybridized carbons (Fsp3) is 0.286. The second-order valence-corrected chi connectivity index (χ2v) is 6.60. The molecule has 1 amide bonds. The van der Waals surface area contributed by atoms with Gasteiger partial charge in [0.2, 0.25) is 5.91 Å². The number of β-amino-alcohol motifs (C(OH)–C–C–N with tert-alkyl or cyclic N) is 1. The number of rotatable bonds is 7. The van der Waals surface area contributed by atoms with Crippen molar-refractivity contribution in [3.05, 3.63) is 71.6 Å². The molecule has 0 saturated heterocycles. The number of aliphatic hydroxyl groups is 1. The second-order valence-electron chi connectivity index (χ2n) is 6.60. The summed E-state index contributed by atoms with van der Waals surface area (Å²) in [5.41, 5.74) is 7.86. The Hall–Kier alpha value is -2.41. The molecule has 0 spiro atoms. The van der Waals surface area contributed by atoms with E-state index in [2.05, 4.69) is 11.0 Å². The lowest BCUT2D eigenvalue weighted by atomic mass is 9.99. The summed E-state index contributed by atoms with van der Waals surface area (Å²) in [6.45, 7) is 2.23. The monoisotopic (exact) mass is 405 g/mol. The molecule has 3 rings (SSSR count). The minimum atomic E-state index is -0.624. The average molecular weight is 406 g/mol. The molecular weight excluding hydrogens is 383 g/mol. The van der Waals surface area contributed by atoms with Crippen LogP contribution in [-0.4, -0.2) is 48.3 Å². The summed E-state index contributed by atoms with van der Waals surface area (Å²) in [5.74, 6) is -0.139. The van der Waals surface area contributed by atoms with Crippen LogP contribution < -0.4 is 22.9 Å². The van der Waals surface area contributed by atoms with Gasteiger partial charge in [-0.3, -0.25) is 9.69 Å². The number of carbonyl (C=O) groups excluding carboxylic acids is 1. The van der Waals surface area contributed by atoms with Gasteiger partial charge in [-0.1, -0.05) is 18.2 Å². The summed E-state index contributed by atoms with van der Waals surface area (Å²) in [6.07, 6.45) is 2.35. The van der Waals surface area contributed by atoms with Crippen LogP contribution in [0.5, 0.6) is 5.75 Å². The number of ether oxygens (including phenoxy) is 1. The highest BCUT2D eigenvalue weighted by Crippen LogP contribution is 2.22. The van der Waals surface area contributed by atoms with Crippen LogP contribution in [-0.2, 0) is 0 Å². The Kier molecular flexibility index (Phi) is 7.99. The molecule has 1 heterocycles. The zero-order valence-corrected chi connectivity index (χ0v) is 16.1. The van der Waals surface area contributed by atoms with Crippen molar-refractivity contribution in [2.24, 2.45) is 5.73 Å². The lowest BCUT2D eigenvalue weighted by Crippen LogP contribution is -3.00. The van der Waals surface area contributed by atoms with Crippen molar-refractivity contribution in [3.8, 4) is 5.75 Å². The van der Waals surface area contributed by atoms with Crippen LogP contribution in [0, 0.1) is 5.82 Å². The quantitative estimate of drug-likeness (QED) is 0.648. The standard InChI is InChI=1S/C21H23FN2O3.ClH/c22-18-5-1-15(2-6-18)16-9-11-24(12-10-16)13-19(25)14-27-20-7-3-17(4-8-20)21(23)26;/h1-9,19,25H,10-14H2,(H2,23,26);1H/p-1. The van der Waals surface area contributed by atoms with Crippen LogP contribution in [0.1, 0.15) is 22.3 Å². The van der Waals surface area contributed by atoms with E-state index in [0.717, 1.165) is 25.1 Å². The molecule has 1 aliphatic heterocycles. The van der Waals surface area contributed by atoms with E-state index in [1.807, 2.05) is 0 Å². The Morgan fingerprint density at radius 3 is 2.43 bits per heavy atom. The van der Waals surface area contributed by atoms with Crippen molar-refractivity contribution in [1.29, 1.82) is 0 Å². The lowest BCUT2D eigenvalue weighted by Gasteiger charge is -2.28. The number of nitrogens with zero attached hydrogens (tertiary/aromatic N) is 1. The number of halogens is 2. The Bertz CT molecular complexity index is 809. The number of carbonyl (C=O) groups is 1. The zero-order chi connectivity index (χ0) is 19.2. The first kappa shape index (κ1) is 21.9. The molecule has 1 unspecified atom stereocenters. The Balaban J connectivity index is 0.00000280. The van der Waals surface area contributed by atoms with Gasteiger partial charge in [-0.2, -0.15) is 0 Å². The van der Waals surface area contributed by atoms with Gasteiger partial charge in [-0.05, 0) is 54.0 Å². The summed E-state index contributed by atoms with van der Waals surface area (Å²) < 4.78 is 18.6. The molecule has 7 heteroatoms. The van der Waals surface area contributed by atoms with Gasteiger partial charge in [-0.15, -0.1) is 0 Å². The highest BCUT2D eigenvalue weighted by atomic mass is 35.5. The maximum absolute atomic E-state index is 13.0. The van der Waals surface area contributed by atoms with Crippen molar-refractivity contribution < 1.29 is 31.4 Å². The normalized spacial score (nSPS) is 15.3. The van der Waals surface area contributed by atoms with Gasteiger partial charge in [-0.25, -0.2) is 4.39 Å². The summed E-state index contributed by atoms with van der Waals surface area (Å²) in [5, 5.41) is 10.2. The molecule has 150 valence electrons. The molecular formula is C21H23ClFN2O3-. The smallest absolute Gasteiger partial charge is 0.248 e. The van der Waals surface area contributed by atoms with Gasteiger partial charge in [0.05, 0.1) is 0 Å². The summed E-state index contributed by atoms with van der Waals surface area (Å²) in [4.78, 5) is 13.2. The van der Waals surface area contributed by atoms with E-state index in [4.69, 9.17) is 10.5 Å². The van der Waals surface area contributed by atoms with E-state index >= 15 is 0 Å². The molecule has 2 aromatic carbocycles. The Morgan fingerprint density at radius 1 is 1.18 bits per heavy atom. The van der Waals surface area contributed by atoms with Crippen LogP contribution in [0.15, 0.2) is 54.6 Å². The number of hydrogen-bond donors (Lipinski definition) is 2. The average Bonchev–Trinajstić information content (AvgIpc) is 2.68. The van der Waals surface area contributed by atoms with Crippen molar-refractivity contribution in [1.82, 2.24) is 4.90 Å². The third-order valence-electron chi connectivity index (χ3n) is 4.56. The molecule has 0 saturated carbocycles. The van der Waals surface area contributed by atoms with E-state index in [9.17, 15) is 14.3 Å². The maximum atomic E-state index is 13.0. The highest BCUT2D eigenvalue weighted by Gasteiger charge is 2.16. The predicted octanol–water partition coefficient (Wildman–Crippen LogP) is -0.542. The van der Waals surface area contributed by atoms with E-state index in [1.54, 1.807) is 36.4 Å². The van der Waals surface area contributed by atoms with E-state index < -0.39 is 12.0 Å². The van der Waals surface area contributed by atoms with E-state index in [1.165, 1.54) is 17.7 Å². The van der Waals surface area contributed by atoms with Gasteiger partial charge in [0, 0.05) is 25.2 Å². The maximum Gasteiger partial charge on any atom is 0.248 e. The molecule has 0 bridgehead atoms. The first-order valence-corrected chi connectivity index (χ1v) is 8.89. The highest BCUT2D eigenvalue weighted by molar-refractivity contribution is 5.92. The lowest BCUT2D eigenvalue weighted by molar-refractivity contribution is -0.0000164. The molecule has 3 N–H and O–H groups in total. The minimum absolute atomic E-state index is 0. The number of primary amides is 1. The molecule has 1 aliphatic rings. The molecule has 28 heavy (non-hydrogen) atoms. The number of amides is 1. The molecule has 0 aromatic heterocycles. The predicted molar refractivity (Wildman–Crippen MR) is 102 cm³/mol. The first-order chi connectivity index (χ1) is 13.0. The van der Waals surface area contributed by atoms with Crippen LogP contribution >= 0.6 is 0 Å². The van der Waals surface area contributed by atoms with Gasteiger partial charge < -0.3 is 28.0 Å². The third-order valence-corrected chi connectivity index (χ3v) is 4.56. The molecule has 0 aliphatic carbocycles. The molecule has 2 aromatic rings. The van der Waals surface area contributed by atoms with Gasteiger partial charge >= 0.3 is 0 Å². The van der Waals surface area contributed by atoms with Gasteiger partial charge in [0.1, 0.15) is 24.3 Å². The Labute approximate surface area is 170 Å². The number of nitrogens with two attached hydrogens (primary N) is 1. The Morgan fingerprint density at radius 2 is 1.86 bits per heavy atom. The van der Waals surface area contributed by atoms with Gasteiger partial charge in [0.25, 0.3) is 0 Å². The SMILES string of the molecule is NC(=O)c1ccc(OCC(O)CN2CC=C(c3ccc(F)cc3)CC2)cc1.[Cl-]. The molecule has 0 fully saturated rings. The summed E-state index contributed by atoms with van der Waals surface area (Å²) in [6, 6.07) is 13.0. The number of benzene rings is 2. The second kappa shape index (κ2) is 10.2. The van der Waals surface area contributed by atoms with Crippen molar-refractivity contribution in [3.63, 3.8) is 0 Å². The van der Waals surface area contributed by atoms with Crippen LogP contribution in [0.25, 0.3) is 5.57 Å². The zero-order valence-electron chi connectivity index (χ0n) is 15.4. The number of hydrogen-bond acceptors (Lipinski definition) is 4. The first-order valence-electron chi connectivity index (χ1n) is 8.89.